The highest BCUT2D eigenvalue weighted by Crippen LogP contribution is 2.49. The molecule has 3 atom stereocenters. The molecule has 3 rings (SSSR count). The van der Waals surface area contributed by atoms with Crippen LogP contribution in [0.2, 0.25) is 0 Å². The summed E-state index contributed by atoms with van der Waals surface area (Å²) >= 11 is 0. The van der Waals surface area contributed by atoms with Gasteiger partial charge in [-0.2, -0.15) is 0 Å². The van der Waals surface area contributed by atoms with Gasteiger partial charge in [0.25, 0.3) is 0 Å². The summed E-state index contributed by atoms with van der Waals surface area (Å²) in [7, 11) is 0. The second-order valence-electron chi connectivity index (χ2n) is 6.24. The Morgan fingerprint density at radius 1 is 1.25 bits per heavy atom. The van der Waals surface area contributed by atoms with E-state index in [4.69, 9.17) is 0 Å². The molecule has 0 aliphatic heterocycles. The number of hydrogen-bond donors (Lipinski definition) is 0. The van der Waals surface area contributed by atoms with Crippen molar-refractivity contribution in [2.24, 2.45) is 17.8 Å². The van der Waals surface area contributed by atoms with Crippen LogP contribution >= 0.6 is 0 Å². The molecule has 0 aromatic rings. The van der Waals surface area contributed by atoms with E-state index in [2.05, 4.69) is 13.2 Å². The van der Waals surface area contributed by atoms with Gasteiger partial charge in [0.05, 0.1) is 0 Å². The smallest absolute Gasteiger partial charge is 0.181 e. The molecular weight excluding hydrogens is 248 g/mol. The van der Waals surface area contributed by atoms with Crippen LogP contribution in [0.15, 0.2) is 47.6 Å². The van der Waals surface area contributed by atoms with Gasteiger partial charge in [-0.15, -0.1) is 0 Å². The molecule has 0 N–H and O–H groups in total. The topological polar surface area (TPSA) is 34.1 Å². The van der Waals surface area contributed by atoms with Crippen molar-refractivity contribution < 1.29 is 9.59 Å². The van der Waals surface area contributed by atoms with Crippen molar-refractivity contribution in [2.75, 3.05) is 0 Å². The van der Waals surface area contributed by atoms with Crippen LogP contribution in [0.5, 0.6) is 0 Å². The highest BCUT2D eigenvalue weighted by Gasteiger charge is 2.43. The molecular formula is C18H20O2. The van der Waals surface area contributed by atoms with E-state index in [1.807, 2.05) is 13.0 Å². The molecule has 0 amide bonds. The minimum Gasteiger partial charge on any atom is -0.295 e. The van der Waals surface area contributed by atoms with Crippen LogP contribution in [-0.4, -0.2) is 11.6 Å². The van der Waals surface area contributed by atoms with Gasteiger partial charge in [-0.25, -0.2) is 0 Å². The van der Waals surface area contributed by atoms with Gasteiger partial charge in [-0.05, 0) is 44.1 Å². The number of carbonyl (C=O) groups is 2. The van der Waals surface area contributed by atoms with E-state index in [0.29, 0.717) is 18.8 Å². The number of carbonyl (C=O) groups excluding carboxylic acids is 2. The fourth-order valence-electron chi connectivity index (χ4n) is 4.00. The van der Waals surface area contributed by atoms with Gasteiger partial charge < -0.3 is 0 Å². The quantitative estimate of drug-likeness (QED) is 0.681. The third-order valence-corrected chi connectivity index (χ3v) is 5.00. The molecule has 1 fully saturated rings. The van der Waals surface area contributed by atoms with Crippen molar-refractivity contribution in [1.29, 1.82) is 0 Å². The molecule has 2 nitrogen and oxygen atoms in total. The van der Waals surface area contributed by atoms with Gasteiger partial charge in [0.15, 0.2) is 11.6 Å². The molecule has 1 unspecified atom stereocenters. The lowest BCUT2D eigenvalue weighted by molar-refractivity contribution is -0.115. The summed E-state index contributed by atoms with van der Waals surface area (Å²) in [6.07, 6.45) is 6.70. The third-order valence-electron chi connectivity index (χ3n) is 5.00. The van der Waals surface area contributed by atoms with E-state index in [1.54, 1.807) is 6.08 Å². The fraction of sp³-hybridized carbons (Fsp3) is 0.444. The molecule has 0 aromatic heterocycles. The molecule has 0 radical (unpaired) electrons. The Morgan fingerprint density at radius 2 is 2.00 bits per heavy atom. The van der Waals surface area contributed by atoms with Gasteiger partial charge in [-0.1, -0.05) is 30.4 Å². The molecule has 0 bridgehead atoms. The van der Waals surface area contributed by atoms with Crippen molar-refractivity contribution in [3.8, 4) is 0 Å². The van der Waals surface area contributed by atoms with E-state index in [9.17, 15) is 9.59 Å². The third kappa shape index (κ3) is 1.86. The lowest BCUT2D eigenvalue weighted by Crippen LogP contribution is -2.31. The number of hydrogen-bond acceptors (Lipinski definition) is 2. The maximum Gasteiger partial charge on any atom is 0.181 e. The van der Waals surface area contributed by atoms with Crippen LogP contribution in [0.1, 0.15) is 32.6 Å². The maximum absolute atomic E-state index is 12.3. The maximum atomic E-state index is 12.3. The minimum absolute atomic E-state index is 0.0218. The first-order valence-electron chi connectivity index (χ1n) is 7.32. The number of allylic oxidation sites excluding steroid dienone is 6. The van der Waals surface area contributed by atoms with Gasteiger partial charge in [0.1, 0.15) is 0 Å². The van der Waals surface area contributed by atoms with Crippen LogP contribution in [0.4, 0.5) is 0 Å². The highest BCUT2D eigenvalue weighted by atomic mass is 16.1. The molecule has 0 aromatic carbocycles. The first kappa shape index (κ1) is 13.3. The summed E-state index contributed by atoms with van der Waals surface area (Å²) in [4.78, 5) is 24.5. The molecule has 0 heterocycles. The Kier molecular flexibility index (Phi) is 3.12. The first-order chi connectivity index (χ1) is 9.50. The molecule has 0 spiro atoms. The van der Waals surface area contributed by atoms with E-state index in [-0.39, 0.29) is 23.4 Å². The van der Waals surface area contributed by atoms with Gasteiger partial charge in [-0.3, -0.25) is 9.59 Å². The Hall–Kier alpha value is -1.70. The molecule has 0 saturated heterocycles. The summed E-state index contributed by atoms with van der Waals surface area (Å²) in [5, 5.41) is 0. The Morgan fingerprint density at radius 3 is 2.70 bits per heavy atom. The summed E-state index contributed by atoms with van der Waals surface area (Å²) < 4.78 is 0. The van der Waals surface area contributed by atoms with Crippen LogP contribution in [0.3, 0.4) is 0 Å². The highest BCUT2D eigenvalue weighted by molar-refractivity contribution is 6.14. The van der Waals surface area contributed by atoms with Gasteiger partial charge in [0, 0.05) is 23.5 Å². The average molecular weight is 268 g/mol. The van der Waals surface area contributed by atoms with E-state index < -0.39 is 0 Å². The lowest BCUT2D eigenvalue weighted by Gasteiger charge is -2.38. The van der Waals surface area contributed by atoms with Crippen LogP contribution in [0.25, 0.3) is 0 Å². The monoisotopic (exact) mass is 268 g/mol. The van der Waals surface area contributed by atoms with Crippen LogP contribution < -0.4 is 0 Å². The zero-order valence-corrected chi connectivity index (χ0v) is 11.9. The minimum atomic E-state index is 0.0218. The summed E-state index contributed by atoms with van der Waals surface area (Å²) in [5.74, 6) is 0.712. The molecule has 3 aliphatic carbocycles. The number of ketones is 2. The fourth-order valence-corrected chi connectivity index (χ4v) is 4.00. The number of rotatable bonds is 1. The van der Waals surface area contributed by atoms with E-state index >= 15 is 0 Å². The van der Waals surface area contributed by atoms with Crippen molar-refractivity contribution in [1.82, 2.24) is 0 Å². The van der Waals surface area contributed by atoms with Gasteiger partial charge >= 0.3 is 0 Å². The predicted octanol–water partition coefficient (Wildman–Crippen LogP) is 3.56. The van der Waals surface area contributed by atoms with Gasteiger partial charge in [0.2, 0.25) is 0 Å². The average Bonchev–Trinajstić information content (AvgIpc) is 2.69. The summed E-state index contributed by atoms with van der Waals surface area (Å²) in [6, 6.07) is 0. The number of fused-ring (bicyclic) bond motifs is 2. The van der Waals surface area contributed by atoms with E-state index in [1.165, 1.54) is 0 Å². The SMILES string of the molecule is C=C1CC[C@H](C(=C)C)[C@H]2C=CC(=O)C3=C(C(=O)CC3)C12. The van der Waals surface area contributed by atoms with Crippen molar-refractivity contribution >= 4 is 11.6 Å². The second-order valence-corrected chi connectivity index (χ2v) is 6.24. The Bertz CT molecular complexity index is 589. The molecule has 2 heteroatoms. The summed E-state index contributed by atoms with van der Waals surface area (Å²) in [6.45, 7) is 10.3. The first-order valence-corrected chi connectivity index (χ1v) is 7.32. The molecule has 1 saturated carbocycles. The standard InChI is InChI=1S/C18H20O2/c1-10(2)12-5-4-11(3)17-13(12)6-8-15(19)14-7-9-16(20)18(14)17/h6,8,12-13,17H,1,3-5,7,9H2,2H3/t12-,13-,17?/m1/s1. The van der Waals surface area contributed by atoms with Crippen LogP contribution in [0, 0.1) is 17.8 Å². The predicted molar refractivity (Wildman–Crippen MR) is 79.1 cm³/mol. The van der Waals surface area contributed by atoms with Crippen molar-refractivity contribution in [2.45, 2.75) is 32.6 Å². The number of Topliss-reactive ketones (excluding diaryl/α,β-unsaturated/α-hetero) is 1. The van der Waals surface area contributed by atoms with Crippen LogP contribution in [-0.2, 0) is 9.59 Å². The lowest BCUT2D eigenvalue weighted by atomic mass is 9.65. The largest absolute Gasteiger partial charge is 0.295 e. The molecule has 104 valence electrons. The zero-order valence-electron chi connectivity index (χ0n) is 11.9. The van der Waals surface area contributed by atoms with Crippen molar-refractivity contribution in [3.63, 3.8) is 0 Å². The molecule has 20 heavy (non-hydrogen) atoms. The molecule has 3 aliphatic rings. The van der Waals surface area contributed by atoms with E-state index in [0.717, 1.165) is 35.1 Å². The summed E-state index contributed by atoms with van der Waals surface area (Å²) in [5.41, 5.74) is 3.75. The van der Waals surface area contributed by atoms with Crippen molar-refractivity contribution in [3.05, 3.63) is 47.6 Å². The Labute approximate surface area is 119 Å². The Balaban J connectivity index is 2.14. The zero-order chi connectivity index (χ0) is 14.4. The second kappa shape index (κ2) is 4.69. The normalized spacial score (nSPS) is 33.0.